The lowest BCUT2D eigenvalue weighted by Gasteiger charge is -2.37. The van der Waals surface area contributed by atoms with Crippen molar-refractivity contribution in [3.8, 4) is 35.4 Å². The van der Waals surface area contributed by atoms with Gasteiger partial charge in [0.25, 0.3) is 0 Å². The number of terminal acetylenes is 1. The molecule has 0 aliphatic carbocycles. The zero-order chi connectivity index (χ0) is 32.7. The highest BCUT2D eigenvalue weighted by Crippen LogP contribution is 2.39. The number of halogens is 2. The molecule has 13 heteroatoms. The van der Waals surface area contributed by atoms with Gasteiger partial charge in [-0.3, -0.25) is 14.7 Å². The number of phenolic OH excluding ortho intramolecular Hbond substituents is 1. The quantitative estimate of drug-likeness (QED) is 0.267. The van der Waals surface area contributed by atoms with Crippen LogP contribution in [0.25, 0.3) is 32.9 Å². The van der Waals surface area contributed by atoms with Crippen LogP contribution in [-0.4, -0.2) is 102 Å². The molecule has 1 spiro atoms. The molecule has 1 amide bonds. The SMILES string of the molecule is C#Cc1c(F)ccc2cc(O)cc(-c3ncc4c5nc(nc4c3F)OCC3(CCCN3C)CNC(=O)CCOCC3CN5CCN3)c12. The first-order valence-corrected chi connectivity index (χ1v) is 15.7. The number of hydrogen-bond acceptors (Lipinski definition) is 10. The maximum absolute atomic E-state index is 16.8. The van der Waals surface area contributed by atoms with Crippen molar-refractivity contribution in [2.24, 2.45) is 0 Å². The van der Waals surface area contributed by atoms with Crippen molar-refractivity contribution in [2.45, 2.75) is 30.8 Å². The summed E-state index contributed by atoms with van der Waals surface area (Å²) in [6.07, 6.45) is 9.13. The monoisotopic (exact) mass is 643 g/mol. The standard InChI is InChI=1S/C34H35F2N7O4/c1-3-23-26(35)6-5-20-13-22(44)14-24(28(20)23)30-29(36)31-25(15-38-30)32-41-33(40-31)47-19-34(8-4-10-42(34)2)18-39-27(45)7-12-46-17-21-16-43(32)11-9-37-21/h1,5-6,13-15,21,37,44H,4,7-12,16-19H2,2H3,(H,39,45). The topological polar surface area (TPSA) is 125 Å². The predicted octanol–water partition coefficient (Wildman–Crippen LogP) is 2.97. The van der Waals surface area contributed by atoms with Crippen LogP contribution in [0.1, 0.15) is 24.8 Å². The number of anilines is 1. The van der Waals surface area contributed by atoms with Crippen LogP contribution in [-0.2, 0) is 9.53 Å². The number of likely N-dealkylation sites (tertiary alicyclic amines) is 1. The molecule has 4 bridgehead atoms. The van der Waals surface area contributed by atoms with E-state index in [4.69, 9.17) is 20.9 Å². The second-order valence-electron chi connectivity index (χ2n) is 12.4. The summed E-state index contributed by atoms with van der Waals surface area (Å²) in [4.78, 5) is 30.7. The molecule has 244 valence electrons. The molecule has 0 radical (unpaired) electrons. The molecule has 2 unspecified atom stereocenters. The number of piperazine rings is 1. The third-order valence-corrected chi connectivity index (χ3v) is 9.47. The lowest BCUT2D eigenvalue weighted by molar-refractivity contribution is -0.122. The minimum absolute atomic E-state index is 0.0240. The molecule has 2 aromatic carbocycles. The number of nitrogens with one attached hydrogen (secondary N) is 2. The summed E-state index contributed by atoms with van der Waals surface area (Å²) >= 11 is 0. The average Bonchev–Trinajstić information content (AvgIpc) is 3.44. The molecule has 0 saturated carbocycles. The number of hydrogen-bond donors (Lipinski definition) is 3. The van der Waals surface area contributed by atoms with E-state index in [1.165, 1.54) is 30.5 Å². The highest BCUT2D eigenvalue weighted by Gasteiger charge is 2.40. The Morgan fingerprint density at radius 3 is 2.89 bits per heavy atom. The van der Waals surface area contributed by atoms with Crippen LogP contribution >= 0.6 is 0 Å². The summed E-state index contributed by atoms with van der Waals surface area (Å²) in [6.45, 7) is 3.70. The van der Waals surface area contributed by atoms with Crippen LogP contribution in [0.15, 0.2) is 30.5 Å². The minimum Gasteiger partial charge on any atom is -0.508 e. The van der Waals surface area contributed by atoms with Crippen LogP contribution in [0.5, 0.6) is 11.8 Å². The zero-order valence-corrected chi connectivity index (χ0v) is 26.0. The average molecular weight is 644 g/mol. The number of aromatic nitrogens is 3. The Kier molecular flexibility index (Phi) is 8.25. The molecule has 2 atom stereocenters. The van der Waals surface area contributed by atoms with E-state index in [1.54, 1.807) is 0 Å². The van der Waals surface area contributed by atoms with Gasteiger partial charge < -0.3 is 30.1 Å². The summed E-state index contributed by atoms with van der Waals surface area (Å²) in [5, 5.41) is 18.1. The lowest BCUT2D eigenvalue weighted by atomic mass is 9.96. The van der Waals surface area contributed by atoms with Gasteiger partial charge in [-0.15, -0.1) is 6.42 Å². The van der Waals surface area contributed by atoms with Gasteiger partial charge in [0.05, 0.1) is 29.7 Å². The number of amides is 1. The third kappa shape index (κ3) is 5.77. The number of phenols is 1. The fraction of sp³-hybridized carbons (Fsp3) is 0.412. The van der Waals surface area contributed by atoms with Crippen LogP contribution in [0.4, 0.5) is 14.6 Å². The molecule has 7 rings (SSSR count). The van der Waals surface area contributed by atoms with Gasteiger partial charge in [-0.2, -0.15) is 9.97 Å². The maximum atomic E-state index is 16.8. The van der Waals surface area contributed by atoms with Gasteiger partial charge >= 0.3 is 6.01 Å². The number of carbonyl (C=O) groups is 1. The molecular formula is C34H35F2N7O4. The molecule has 2 fully saturated rings. The number of rotatable bonds is 1. The van der Waals surface area contributed by atoms with Gasteiger partial charge in [0.1, 0.15) is 35.2 Å². The summed E-state index contributed by atoms with van der Waals surface area (Å²) in [7, 11) is 1.99. The Morgan fingerprint density at radius 1 is 1.21 bits per heavy atom. The van der Waals surface area contributed by atoms with Crippen LogP contribution < -0.4 is 20.3 Å². The number of benzene rings is 2. The summed E-state index contributed by atoms with van der Waals surface area (Å²) in [5.74, 6) is 1.13. The summed E-state index contributed by atoms with van der Waals surface area (Å²) in [5.41, 5.74) is -0.638. The van der Waals surface area contributed by atoms with Crippen LogP contribution in [0, 0.1) is 24.0 Å². The van der Waals surface area contributed by atoms with Gasteiger partial charge in [-0.25, -0.2) is 8.78 Å². The Bertz CT molecular complexity index is 1920. The highest BCUT2D eigenvalue weighted by molar-refractivity contribution is 6.03. The fourth-order valence-corrected chi connectivity index (χ4v) is 6.87. The van der Waals surface area contributed by atoms with E-state index in [0.29, 0.717) is 49.4 Å². The predicted molar refractivity (Wildman–Crippen MR) is 172 cm³/mol. The van der Waals surface area contributed by atoms with Gasteiger partial charge in [0.2, 0.25) is 5.91 Å². The number of aromatic hydroxyl groups is 1. The molecule has 47 heavy (non-hydrogen) atoms. The smallest absolute Gasteiger partial charge is 0.319 e. The van der Waals surface area contributed by atoms with Crippen molar-refractivity contribution >= 4 is 33.4 Å². The molecule has 5 heterocycles. The van der Waals surface area contributed by atoms with E-state index < -0.39 is 17.2 Å². The van der Waals surface area contributed by atoms with E-state index in [9.17, 15) is 14.3 Å². The first kappa shape index (κ1) is 31.0. The van der Waals surface area contributed by atoms with Crippen molar-refractivity contribution in [1.82, 2.24) is 30.5 Å². The highest BCUT2D eigenvalue weighted by atomic mass is 19.1. The number of likely N-dealkylation sites (N-methyl/N-ethyl adjacent to an activating group) is 1. The first-order valence-electron chi connectivity index (χ1n) is 15.7. The molecular weight excluding hydrogens is 608 g/mol. The normalized spacial score (nSPS) is 22.7. The molecule has 3 aliphatic rings. The van der Waals surface area contributed by atoms with Gasteiger partial charge in [0, 0.05) is 55.8 Å². The second kappa shape index (κ2) is 12.5. The molecule has 3 aliphatic heterocycles. The Balaban J connectivity index is 1.38. The molecule has 2 aromatic heterocycles. The molecule has 3 N–H and O–H groups in total. The van der Waals surface area contributed by atoms with Crippen LogP contribution in [0.3, 0.4) is 0 Å². The van der Waals surface area contributed by atoms with Gasteiger partial charge in [-0.05, 0) is 50.0 Å². The molecule has 11 nitrogen and oxygen atoms in total. The number of nitrogens with zero attached hydrogens (tertiary/aromatic N) is 5. The van der Waals surface area contributed by atoms with E-state index in [1.807, 2.05) is 11.9 Å². The zero-order valence-electron chi connectivity index (χ0n) is 26.0. The Morgan fingerprint density at radius 2 is 2.09 bits per heavy atom. The van der Waals surface area contributed by atoms with Gasteiger partial charge in [-0.1, -0.05) is 12.0 Å². The van der Waals surface area contributed by atoms with Crippen molar-refractivity contribution in [3.05, 3.63) is 47.7 Å². The second-order valence-corrected chi connectivity index (χ2v) is 12.4. The van der Waals surface area contributed by atoms with E-state index in [-0.39, 0.29) is 71.1 Å². The number of fused-ring (bicyclic) bond motifs is 8. The summed E-state index contributed by atoms with van der Waals surface area (Å²) in [6, 6.07) is 5.34. The number of pyridine rings is 1. The largest absolute Gasteiger partial charge is 0.508 e. The van der Waals surface area contributed by atoms with E-state index in [2.05, 4.69) is 31.4 Å². The van der Waals surface area contributed by atoms with Crippen LogP contribution in [0.2, 0.25) is 0 Å². The Labute approximate surface area is 270 Å². The van der Waals surface area contributed by atoms with Gasteiger partial charge in [0.15, 0.2) is 5.82 Å². The van der Waals surface area contributed by atoms with E-state index >= 15 is 4.39 Å². The van der Waals surface area contributed by atoms with Crippen molar-refractivity contribution in [1.29, 1.82) is 0 Å². The number of carbonyl (C=O) groups excluding carboxylic acids is 1. The lowest BCUT2D eigenvalue weighted by Crippen LogP contribution is -2.55. The third-order valence-electron chi connectivity index (χ3n) is 9.47. The minimum atomic E-state index is -0.792. The van der Waals surface area contributed by atoms with E-state index in [0.717, 1.165) is 19.4 Å². The van der Waals surface area contributed by atoms with Crippen molar-refractivity contribution in [3.63, 3.8) is 0 Å². The molecule has 2 saturated heterocycles. The van der Waals surface area contributed by atoms with Crippen molar-refractivity contribution in [2.75, 3.05) is 64.5 Å². The Hall–Kier alpha value is -4.64. The number of ether oxygens (including phenoxy) is 2. The fourth-order valence-electron chi connectivity index (χ4n) is 6.87. The van der Waals surface area contributed by atoms with Crippen molar-refractivity contribution < 1.29 is 28.2 Å². The summed E-state index contributed by atoms with van der Waals surface area (Å²) < 4.78 is 43.8. The molecule has 4 aromatic rings. The maximum Gasteiger partial charge on any atom is 0.319 e. The first-order chi connectivity index (χ1) is 22.8.